The van der Waals surface area contributed by atoms with Gasteiger partial charge in [0.15, 0.2) is 0 Å². The lowest BCUT2D eigenvalue weighted by atomic mass is 9.86. The first-order valence-corrected chi connectivity index (χ1v) is 6.58. The average Bonchev–Trinajstić information content (AvgIpc) is 2.33. The molecule has 20 heavy (non-hydrogen) atoms. The normalized spacial score (nSPS) is 12.2. The molecule has 0 spiro atoms. The van der Waals surface area contributed by atoms with Crippen molar-refractivity contribution in [2.45, 2.75) is 39.2 Å². The van der Waals surface area contributed by atoms with Gasteiger partial charge in [0.1, 0.15) is 12.4 Å². The molecule has 1 aromatic rings. The van der Waals surface area contributed by atoms with Gasteiger partial charge in [-0.2, -0.15) is 0 Å². The Kier molecular flexibility index (Phi) is 7.61. The summed E-state index contributed by atoms with van der Waals surface area (Å²) in [6.45, 7) is 8.99. The number of nitrogens with one attached hydrogen (secondary N) is 1. The first-order chi connectivity index (χ1) is 8.82. The van der Waals surface area contributed by atoms with Crippen LogP contribution < -0.4 is 15.8 Å². The van der Waals surface area contributed by atoms with E-state index in [2.05, 4.69) is 32.2 Å². The monoisotopic (exact) mass is 300 g/mol. The van der Waals surface area contributed by atoms with Crippen molar-refractivity contribution < 1.29 is 9.53 Å². The van der Waals surface area contributed by atoms with E-state index >= 15 is 0 Å². The zero-order valence-electron chi connectivity index (χ0n) is 12.6. The zero-order chi connectivity index (χ0) is 14.5. The largest absolute Gasteiger partial charge is 0.491 e. The van der Waals surface area contributed by atoms with Gasteiger partial charge in [0.2, 0.25) is 5.91 Å². The number of amides is 1. The summed E-state index contributed by atoms with van der Waals surface area (Å²) in [6, 6.07) is 7.49. The highest BCUT2D eigenvalue weighted by atomic mass is 35.5. The third kappa shape index (κ3) is 5.80. The van der Waals surface area contributed by atoms with Crippen molar-refractivity contribution >= 4 is 18.3 Å². The molecule has 1 unspecified atom stereocenters. The zero-order valence-corrected chi connectivity index (χ0v) is 13.4. The molecule has 0 aromatic heterocycles. The van der Waals surface area contributed by atoms with E-state index in [1.165, 1.54) is 0 Å². The van der Waals surface area contributed by atoms with E-state index in [4.69, 9.17) is 10.5 Å². The molecule has 0 bridgehead atoms. The summed E-state index contributed by atoms with van der Waals surface area (Å²) in [5, 5.41) is 2.72. The van der Waals surface area contributed by atoms with Gasteiger partial charge < -0.3 is 15.8 Å². The van der Waals surface area contributed by atoms with E-state index in [1.54, 1.807) is 6.92 Å². The summed E-state index contributed by atoms with van der Waals surface area (Å²) in [4.78, 5) is 11.3. The summed E-state index contributed by atoms with van der Waals surface area (Å²) >= 11 is 0. The lowest BCUT2D eigenvalue weighted by molar-refractivity contribution is -0.122. The Bertz CT molecular complexity index is 428. The number of para-hydroxylation sites is 1. The first-order valence-electron chi connectivity index (χ1n) is 6.58. The fourth-order valence-corrected chi connectivity index (χ4v) is 1.71. The number of hydrogen-bond acceptors (Lipinski definition) is 3. The van der Waals surface area contributed by atoms with Crippen molar-refractivity contribution in [3.05, 3.63) is 29.8 Å². The molecular weight excluding hydrogens is 276 g/mol. The molecule has 1 amide bonds. The molecule has 3 N–H and O–H groups in total. The fraction of sp³-hybridized carbons (Fsp3) is 0.533. The number of nitrogens with two attached hydrogens (primary N) is 1. The SMILES string of the molecule is CC(N)C(=O)NCCOc1ccccc1C(C)(C)C.Cl. The molecule has 1 aromatic carbocycles. The molecule has 0 saturated heterocycles. The van der Waals surface area contributed by atoms with Gasteiger partial charge >= 0.3 is 0 Å². The van der Waals surface area contributed by atoms with Gasteiger partial charge in [-0.3, -0.25) is 4.79 Å². The maximum absolute atomic E-state index is 11.3. The van der Waals surface area contributed by atoms with Crippen LogP contribution in [0.3, 0.4) is 0 Å². The lowest BCUT2D eigenvalue weighted by Crippen LogP contribution is -2.40. The third-order valence-electron chi connectivity index (χ3n) is 2.77. The molecule has 0 heterocycles. The number of benzene rings is 1. The number of carbonyl (C=O) groups is 1. The van der Waals surface area contributed by atoms with E-state index in [0.717, 1.165) is 11.3 Å². The summed E-state index contributed by atoms with van der Waals surface area (Å²) in [5.41, 5.74) is 6.65. The van der Waals surface area contributed by atoms with Crippen LogP contribution in [-0.2, 0) is 10.2 Å². The van der Waals surface area contributed by atoms with Gasteiger partial charge in [-0.15, -0.1) is 12.4 Å². The molecule has 1 rings (SSSR count). The molecule has 1 atom stereocenters. The lowest BCUT2D eigenvalue weighted by Gasteiger charge is -2.22. The Morgan fingerprint density at radius 2 is 1.95 bits per heavy atom. The maximum atomic E-state index is 11.3. The molecule has 0 saturated carbocycles. The van der Waals surface area contributed by atoms with E-state index in [-0.39, 0.29) is 23.7 Å². The van der Waals surface area contributed by atoms with Crippen LogP contribution in [0.2, 0.25) is 0 Å². The van der Waals surface area contributed by atoms with Crippen molar-refractivity contribution in [3.63, 3.8) is 0 Å². The highest BCUT2D eigenvalue weighted by Gasteiger charge is 2.18. The predicted octanol–water partition coefficient (Wildman–Crippen LogP) is 2.25. The average molecular weight is 301 g/mol. The van der Waals surface area contributed by atoms with Crippen molar-refractivity contribution in [1.82, 2.24) is 5.32 Å². The molecule has 0 radical (unpaired) electrons. The smallest absolute Gasteiger partial charge is 0.236 e. The van der Waals surface area contributed by atoms with Crippen molar-refractivity contribution in [3.8, 4) is 5.75 Å². The number of hydrogen-bond donors (Lipinski definition) is 2. The minimum Gasteiger partial charge on any atom is -0.491 e. The molecule has 5 heteroatoms. The number of halogens is 1. The van der Waals surface area contributed by atoms with Gasteiger partial charge in [0, 0.05) is 0 Å². The molecule has 0 fully saturated rings. The fourth-order valence-electron chi connectivity index (χ4n) is 1.71. The second-order valence-corrected chi connectivity index (χ2v) is 5.67. The third-order valence-corrected chi connectivity index (χ3v) is 2.77. The second kappa shape index (κ2) is 8.12. The minimum absolute atomic E-state index is 0. The minimum atomic E-state index is -0.484. The number of carbonyl (C=O) groups excluding carboxylic acids is 1. The number of rotatable bonds is 5. The van der Waals surface area contributed by atoms with Crippen LogP contribution in [0.1, 0.15) is 33.3 Å². The molecule has 0 aliphatic rings. The maximum Gasteiger partial charge on any atom is 0.236 e. The molecular formula is C15H25ClN2O2. The van der Waals surface area contributed by atoms with Gasteiger partial charge in [-0.25, -0.2) is 0 Å². The van der Waals surface area contributed by atoms with Crippen molar-refractivity contribution in [2.24, 2.45) is 5.73 Å². The Morgan fingerprint density at radius 3 is 2.50 bits per heavy atom. The van der Waals surface area contributed by atoms with Crippen LogP contribution in [-0.4, -0.2) is 25.1 Å². The molecule has 0 aliphatic heterocycles. The van der Waals surface area contributed by atoms with E-state index in [9.17, 15) is 4.79 Å². The number of ether oxygens (including phenoxy) is 1. The Balaban J connectivity index is 0.00000361. The molecule has 0 aliphatic carbocycles. The van der Waals surface area contributed by atoms with E-state index in [0.29, 0.717) is 13.2 Å². The van der Waals surface area contributed by atoms with E-state index in [1.807, 2.05) is 18.2 Å². The Hall–Kier alpha value is -1.26. The topological polar surface area (TPSA) is 64.4 Å². The quantitative estimate of drug-likeness (QED) is 0.820. The Morgan fingerprint density at radius 1 is 1.35 bits per heavy atom. The van der Waals surface area contributed by atoms with Crippen LogP contribution in [0.4, 0.5) is 0 Å². The van der Waals surface area contributed by atoms with Gasteiger partial charge in [0.25, 0.3) is 0 Å². The van der Waals surface area contributed by atoms with Crippen LogP contribution >= 0.6 is 12.4 Å². The van der Waals surface area contributed by atoms with Crippen LogP contribution in [0.25, 0.3) is 0 Å². The predicted molar refractivity (Wildman–Crippen MR) is 84.5 cm³/mol. The highest BCUT2D eigenvalue weighted by molar-refractivity contribution is 5.85. The van der Waals surface area contributed by atoms with Gasteiger partial charge in [-0.1, -0.05) is 39.0 Å². The standard InChI is InChI=1S/C15H24N2O2.ClH/c1-11(16)14(18)17-9-10-19-13-8-6-5-7-12(13)15(2,3)4;/h5-8,11H,9-10,16H2,1-4H3,(H,17,18);1H. The van der Waals surface area contributed by atoms with Crippen LogP contribution in [0.15, 0.2) is 24.3 Å². The van der Waals surface area contributed by atoms with E-state index < -0.39 is 6.04 Å². The second-order valence-electron chi connectivity index (χ2n) is 5.67. The van der Waals surface area contributed by atoms with Crippen LogP contribution in [0.5, 0.6) is 5.75 Å². The van der Waals surface area contributed by atoms with Crippen molar-refractivity contribution in [2.75, 3.05) is 13.2 Å². The summed E-state index contributed by atoms with van der Waals surface area (Å²) in [7, 11) is 0. The van der Waals surface area contributed by atoms with Gasteiger partial charge in [-0.05, 0) is 24.0 Å². The summed E-state index contributed by atoms with van der Waals surface area (Å²) in [5.74, 6) is 0.706. The molecule has 4 nitrogen and oxygen atoms in total. The molecule has 114 valence electrons. The van der Waals surface area contributed by atoms with Crippen molar-refractivity contribution in [1.29, 1.82) is 0 Å². The van der Waals surface area contributed by atoms with Gasteiger partial charge in [0.05, 0.1) is 12.6 Å². The first kappa shape index (κ1) is 18.7. The van der Waals surface area contributed by atoms with Crippen LogP contribution in [0, 0.1) is 0 Å². The summed E-state index contributed by atoms with van der Waals surface area (Å²) < 4.78 is 5.74. The highest BCUT2D eigenvalue weighted by Crippen LogP contribution is 2.30. The summed E-state index contributed by atoms with van der Waals surface area (Å²) in [6.07, 6.45) is 0. The Labute approximate surface area is 127 Å².